The van der Waals surface area contributed by atoms with Crippen molar-refractivity contribution in [2.45, 2.75) is 44.2 Å². The normalized spacial score (nSPS) is 24.8. The van der Waals surface area contributed by atoms with Crippen molar-refractivity contribution in [2.24, 2.45) is 11.7 Å². The Kier molecular flexibility index (Phi) is 4.74. The Labute approximate surface area is 126 Å². The van der Waals surface area contributed by atoms with E-state index < -0.39 is 10.0 Å². The van der Waals surface area contributed by atoms with Crippen LogP contribution in [0.2, 0.25) is 5.02 Å². The summed E-state index contributed by atoms with van der Waals surface area (Å²) in [6, 6.07) is 4.93. The molecule has 1 aliphatic heterocycles. The van der Waals surface area contributed by atoms with Crippen LogP contribution in [0.25, 0.3) is 0 Å². The van der Waals surface area contributed by atoms with Gasteiger partial charge in [-0.05, 0) is 43.4 Å². The van der Waals surface area contributed by atoms with Crippen molar-refractivity contribution < 1.29 is 8.42 Å². The first-order valence-electron chi connectivity index (χ1n) is 6.86. The van der Waals surface area contributed by atoms with E-state index in [-0.39, 0.29) is 16.0 Å². The lowest BCUT2D eigenvalue weighted by atomic mass is 9.97. The van der Waals surface area contributed by atoms with Gasteiger partial charge in [-0.3, -0.25) is 0 Å². The van der Waals surface area contributed by atoms with Crippen molar-refractivity contribution >= 4 is 21.6 Å². The molecule has 0 amide bonds. The zero-order chi connectivity index (χ0) is 14.9. The van der Waals surface area contributed by atoms with Crippen LogP contribution in [0, 0.1) is 5.92 Å². The van der Waals surface area contributed by atoms with E-state index in [4.69, 9.17) is 17.3 Å². The molecule has 0 aliphatic carbocycles. The number of nitrogens with two attached hydrogens (primary N) is 1. The number of sulfonamides is 1. The molecule has 2 unspecified atom stereocenters. The number of piperidine rings is 1. The first-order valence-corrected chi connectivity index (χ1v) is 8.68. The van der Waals surface area contributed by atoms with Crippen molar-refractivity contribution in [1.29, 1.82) is 0 Å². The summed E-state index contributed by atoms with van der Waals surface area (Å²) in [5.74, 6) is 0.378. The fraction of sp³-hybridized carbons (Fsp3) is 0.571. The minimum absolute atomic E-state index is 0.0152. The molecule has 2 rings (SSSR count). The average Bonchev–Trinajstić information content (AvgIpc) is 2.40. The van der Waals surface area contributed by atoms with E-state index in [2.05, 4.69) is 6.92 Å². The van der Waals surface area contributed by atoms with E-state index in [1.165, 1.54) is 0 Å². The van der Waals surface area contributed by atoms with Gasteiger partial charge in [-0.25, -0.2) is 8.42 Å². The molecule has 0 radical (unpaired) electrons. The molecule has 1 aromatic carbocycles. The number of rotatable bonds is 3. The summed E-state index contributed by atoms with van der Waals surface area (Å²) in [6.07, 6.45) is 1.95. The van der Waals surface area contributed by atoms with Crippen LogP contribution in [0.5, 0.6) is 0 Å². The summed E-state index contributed by atoms with van der Waals surface area (Å²) < 4.78 is 27.1. The summed E-state index contributed by atoms with van der Waals surface area (Å²) in [4.78, 5) is 0.178. The van der Waals surface area contributed by atoms with Gasteiger partial charge < -0.3 is 5.73 Å². The van der Waals surface area contributed by atoms with E-state index in [9.17, 15) is 8.42 Å². The van der Waals surface area contributed by atoms with Gasteiger partial charge in [0.1, 0.15) is 4.90 Å². The first-order chi connectivity index (χ1) is 9.36. The molecule has 1 saturated heterocycles. The molecule has 1 aliphatic rings. The van der Waals surface area contributed by atoms with Gasteiger partial charge >= 0.3 is 0 Å². The largest absolute Gasteiger partial charge is 0.326 e. The second kappa shape index (κ2) is 6.02. The predicted molar refractivity (Wildman–Crippen MR) is 81.1 cm³/mol. The standard InChI is InChI=1S/C14H21ClN2O2S/c1-10-3-4-11(2)17(9-10)20(18,19)14-6-5-12(8-16)7-13(14)15/h5-7,10-11H,3-4,8-9,16H2,1-2H3. The molecule has 1 fully saturated rings. The smallest absolute Gasteiger partial charge is 0.244 e. The third kappa shape index (κ3) is 3.01. The maximum absolute atomic E-state index is 12.8. The highest BCUT2D eigenvalue weighted by Crippen LogP contribution is 2.31. The summed E-state index contributed by atoms with van der Waals surface area (Å²) >= 11 is 6.13. The SMILES string of the molecule is CC1CCC(C)N(S(=O)(=O)c2ccc(CN)cc2Cl)C1. The molecule has 0 bridgehead atoms. The Bertz CT molecular complexity index is 589. The van der Waals surface area contributed by atoms with E-state index >= 15 is 0 Å². The van der Waals surface area contributed by atoms with Crippen LogP contribution in [0.1, 0.15) is 32.3 Å². The van der Waals surface area contributed by atoms with E-state index in [0.717, 1.165) is 18.4 Å². The fourth-order valence-corrected chi connectivity index (χ4v) is 4.91. The Morgan fingerprint density at radius 1 is 1.35 bits per heavy atom. The lowest BCUT2D eigenvalue weighted by molar-refractivity contribution is 0.218. The van der Waals surface area contributed by atoms with E-state index in [0.29, 0.717) is 19.0 Å². The summed E-state index contributed by atoms with van der Waals surface area (Å²) in [6.45, 7) is 4.93. The minimum Gasteiger partial charge on any atom is -0.326 e. The van der Waals surface area contributed by atoms with Crippen LogP contribution in [0.4, 0.5) is 0 Å². The summed E-state index contributed by atoms with van der Waals surface area (Å²) in [5.41, 5.74) is 6.37. The van der Waals surface area contributed by atoms with Gasteiger partial charge in [-0.2, -0.15) is 4.31 Å². The highest BCUT2D eigenvalue weighted by Gasteiger charge is 2.34. The number of halogens is 1. The molecule has 1 aromatic rings. The molecule has 20 heavy (non-hydrogen) atoms. The first kappa shape index (κ1) is 15.8. The van der Waals surface area contributed by atoms with Crippen LogP contribution < -0.4 is 5.73 Å². The second-order valence-corrected chi connectivity index (χ2v) is 7.84. The molecule has 0 saturated carbocycles. The second-order valence-electron chi connectivity index (χ2n) is 5.58. The number of hydrogen-bond acceptors (Lipinski definition) is 3. The van der Waals surface area contributed by atoms with Gasteiger partial charge in [0.05, 0.1) is 5.02 Å². The summed E-state index contributed by atoms with van der Waals surface area (Å²) in [5, 5.41) is 0.248. The molecule has 1 heterocycles. The Morgan fingerprint density at radius 3 is 2.65 bits per heavy atom. The van der Waals surface area contributed by atoms with E-state index in [1.807, 2.05) is 6.92 Å². The molecule has 4 nitrogen and oxygen atoms in total. The number of hydrogen-bond donors (Lipinski definition) is 1. The molecule has 112 valence electrons. The number of benzene rings is 1. The van der Waals surface area contributed by atoms with Crippen LogP contribution >= 0.6 is 11.6 Å². The molecule has 0 aromatic heterocycles. The van der Waals surface area contributed by atoms with Crippen molar-refractivity contribution in [3.05, 3.63) is 28.8 Å². The van der Waals surface area contributed by atoms with Crippen LogP contribution in [0.3, 0.4) is 0 Å². The Morgan fingerprint density at radius 2 is 2.05 bits per heavy atom. The highest BCUT2D eigenvalue weighted by atomic mass is 35.5. The molecule has 6 heteroatoms. The van der Waals surface area contributed by atoms with Crippen molar-refractivity contribution in [3.8, 4) is 0 Å². The maximum atomic E-state index is 12.8. The average molecular weight is 317 g/mol. The van der Waals surface area contributed by atoms with Gasteiger partial charge in [0.15, 0.2) is 0 Å². The van der Waals surface area contributed by atoms with Gasteiger partial charge in [0, 0.05) is 19.1 Å². The van der Waals surface area contributed by atoms with Crippen molar-refractivity contribution in [2.75, 3.05) is 6.54 Å². The maximum Gasteiger partial charge on any atom is 0.244 e. The third-order valence-corrected chi connectivity index (χ3v) is 6.34. The fourth-order valence-electron chi connectivity index (χ4n) is 2.59. The van der Waals surface area contributed by atoms with E-state index in [1.54, 1.807) is 22.5 Å². The van der Waals surface area contributed by atoms with Crippen LogP contribution in [0.15, 0.2) is 23.1 Å². The molecular weight excluding hydrogens is 296 g/mol. The lowest BCUT2D eigenvalue weighted by Gasteiger charge is -2.35. The molecular formula is C14H21ClN2O2S. The molecule has 0 spiro atoms. The predicted octanol–water partition coefficient (Wildman–Crippen LogP) is 2.61. The third-order valence-electron chi connectivity index (χ3n) is 3.88. The van der Waals surface area contributed by atoms with Crippen LogP contribution in [-0.2, 0) is 16.6 Å². The van der Waals surface area contributed by atoms with Gasteiger partial charge in [-0.1, -0.05) is 24.6 Å². The topological polar surface area (TPSA) is 63.4 Å². The Balaban J connectivity index is 2.39. The van der Waals surface area contributed by atoms with Crippen molar-refractivity contribution in [1.82, 2.24) is 4.31 Å². The zero-order valence-electron chi connectivity index (χ0n) is 11.8. The lowest BCUT2D eigenvalue weighted by Crippen LogP contribution is -2.44. The Hall–Kier alpha value is -0.620. The molecule has 2 atom stereocenters. The minimum atomic E-state index is -3.54. The number of nitrogens with zero attached hydrogens (tertiary/aromatic N) is 1. The highest BCUT2D eigenvalue weighted by molar-refractivity contribution is 7.89. The summed E-state index contributed by atoms with van der Waals surface area (Å²) in [7, 11) is -3.54. The molecule has 2 N–H and O–H groups in total. The van der Waals surface area contributed by atoms with Crippen LogP contribution in [-0.4, -0.2) is 25.3 Å². The van der Waals surface area contributed by atoms with Gasteiger partial charge in [0.2, 0.25) is 10.0 Å². The zero-order valence-corrected chi connectivity index (χ0v) is 13.4. The van der Waals surface area contributed by atoms with Gasteiger partial charge in [-0.15, -0.1) is 0 Å². The quantitative estimate of drug-likeness (QED) is 0.932. The van der Waals surface area contributed by atoms with Crippen molar-refractivity contribution in [3.63, 3.8) is 0 Å². The monoisotopic (exact) mass is 316 g/mol. The van der Waals surface area contributed by atoms with Gasteiger partial charge in [0.25, 0.3) is 0 Å².